The van der Waals surface area contributed by atoms with Gasteiger partial charge in [-0.2, -0.15) is 0 Å². The molecule has 3 aromatic rings. The molecule has 4 amide bonds. The van der Waals surface area contributed by atoms with Crippen molar-refractivity contribution in [1.82, 2.24) is 16.0 Å². The van der Waals surface area contributed by atoms with E-state index in [-0.39, 0.29) is 18.8 Å². The number of carbonyl (C=O) groups excluding carboxylic acids is 4. The highest BCUT2D eigenvalue weighted by molar-refractivity contribution is 6.13. The molecule has 1 fully saturated rings. The number of benzodiazepines with no additional fused rings is 1. The van der Waals surface area contributed by atoms with E-state index < -0.39 is 59.7 Å². The highest BCUT2D eigenvalue weighted by Gasteiger charge is 2.34. The molecule has 0 bridgehead atoms. The number of para-hydroxylation sites is 1. The van der Waals surface area contributed by atoms with E-state index in [2.05, 4.69) is 21.3 Å². The third kappa shape index (κ3) is 11.5. The van der Waals surface area contributed by atoms with Crippen LogP contribution in [0.4, 0.5) is 10.5 Å². The highest BCUT2D eigenvalue weighted by atomic mass is 16.6. The first-order chi connectivity index (χ1) is 25.4. The van der Waals surface area contributed by atoms with Gasteiger partial charge in [0, 0.05) is 23.1 Å². The maximum absolute atomic E-state index is 14.0. The Labute approximate surface area is 312 Å². The molecule has 5 atom stereocenters. The first kappa shape index (κ1) is 39.2. The van der Waals surface area contributed by atoms with Crippen molar-refractivity contribution in [3.05, 3.63) is 102 Å². The Kier molecular flexibility index (Phi) is 13.4. The number of alkyl carbamates (subject to hydrolysis) is 1. The van der Waals surface area contributed by atoms with E-state index in [1.165, 1.54) is 0 Å². The van der Waals surface area contributed by atoms with Gasteiger partial charge in [-0.1, -0.05) is 98.1 Å². The van der Waals surface area contributed by atoms with Gasteiger partial charge < -0.3 is 31.1 Å². The molecular weight excluding hydrogens is 670 g/mol. The number of aliphatic hydroxyl groups excluding tert-OH is 1. The van der Waals surface area contributed by atoms with Gasteiger partial charge in [0.1, 0.15) is 11.6 Å². The predicted octanol–water partition coefficient (Wildman–Crippen LogP) is 5.70. The molecular formula is C42H53N5O6. The average molecular weight is 724 g/mol. The van der Waals surface area contributed by atoms with Gasteiger partial charge in [-0.05, 0) is 77.0 Å². The van der Waals surface area contributed by atoms with Crippen LogP contribution in [0, 0.1) is 11.8 Å². The van der Waals surface area contributed by atoms with Crippen molar-refractivity contribution < 1.29 is 29.0 Å². The zero-order chi connectivity index (χ0) is 38.0. The van der Waals surface area contributed by atoms with Gasteiger partial charge in [-0.3, -0.25) is 19.4 Å². The summed E-state index contributed by atoms with van der Waals surface area (Å²) in [5.41, 5.74) is 3.34. The lowest BCUT2D eigenvalue weighted by atomic mass is 9.83. The molecule has 1 saturated carbocycles. The fraction of sp³-hybridized carbons (Fsp3) is 0.452. The van der Waals surface area contributed by atoms with Gasteiger partial charge in [-0.25, -0.2) is 4.79 Å². The fourth-order valence-corrected chi connectivity index (χ4v) is 6.99. The Morgan fingerprint density at radius 1 is 0.849 bits per heavy atom. The number of hydrogen-bond acceptors (Lipinski definition) is 7. The molecule has 1 aliphatic carbocycles. The van der Waals surface area contributed by atoms with Crippen molar-refractivity contribution in [2.24, 2.45) is 16.8 Å². The first-order valence-corrected chi connectivity index (χ1v) is 18.7. The minimum atomic E-state index is -1.18. The lowest BCUT2D eigenvalue weighted by Gasteiger charge is -2.29. The summed E-state index contributed by atoms with van der Waals surface area (Å²) in [5, 5.41) is 23.0. The van der Waals surface area contributed by atoms with Crippen LogP contribution in [0.5, 0.6) is 0 Å². The molecule has 0 aromatic heterocycles. The van der Waals surface area contributed by atoms with E-state index >= 15 is 0 Å². The lowest BCUT2D eigenvalue weighted by molar-refractivity contribution is -0.132. The minimum Gasteiger partial charge on any atom is -0.444 e. The molecule has 0 saturated heterocycles. The third-order valence-corrected chi connectivity index (χ3v) is 9.69. The number of ether oxygens (including phenoxy) is 1. The number of anilines is 1. The lowest BCUT2D eigenvalue weighted by Crippen LogP contribution is -2.52. The van der Waals surface area contributed by atoms with Crippen molar-refractivity contribution in [3.63, 3.8) is 0 Å². The number of fused-ring (bicyclic) bond motifs is 1. The summed E-state index contributed by atoms with van der Waals surface area (Å²) in [5.74, 6) is -2.07. The quantitative estimate of drug-likeness (QED) is 0.152. The Bertz CT molecular complexity index is 1740. The van der Waals surface area contributed by atoms with Gasteiger partial charge in [0.05, 0.1) is 17.9 Å². The van der Waals surface area contributed by atoms with Crippen LogP contribution >= 0.6 is 0 Å². The number of nitrogens with one attached hydrogen (secondary N) is 4. The van der Waals surface area contributed by atoms with Crippen LogP contribution in [0.3, 0.4) is 0 Å². The number of rotatable bonds is 13. The summed E-state index contributed by atoms with van der Waals surface area (Å²) in [6.45, 7) is 6.84. The molecule has 2 aliphatic rings. The SMILES string of the molecule is C[C@H](NC(=O)[C@H](Cc1ccccc1)C[C@@H](O)[C@H](Cc1ccccc1)NC(=O)OC(C)(C)C)C(=O)NC1N=C(C2CCCCC2)c2ccccc2NC1=O. The molecule has 1 aliphatic heterocycles. The highest BCUT2D eigenvalue weighted by Crippen LogP contribution is 2.32. The van der Waals surface area contributed by atoms with Crippen molar-refractivity contribution >= 4 is 35.2 Å². The van der Waals surface area contributed by atoms with Crippen LogP contribution in [0.15, 0.2) is 89.9 Å². The van der Waals surface area contributed by atoms with E-state index in [0.717, 1.165) is 54.5 Å². The number of amides is 4. The van der Waals surface area contributed by atoms with Gasteiger partial charge in [0.15, 0.2) is 0 Å². The zero-order valence-corrected chi connectivity index (χ0v) is 31.1. The number of carbonyl (C=O) groups is 4. The molecule has 5 N–H and O–H groups in total. The molecule has 1 heterocycles. The summed E-state index contributed by atoms with van der Waals surface area (Å²) < 4.78 is 5.50. The van der Waals surface area contributed by atoms with Crippen molar-refractivity contribution in [1.29, 1.82) is 0 Å². The van der Waals surface area contributed by atoms with Crippen LogP contribution in [-0.4, -0.2) is 64.6 Å². The molecule has 282 valence electrons. The molecule has 1 unspecified atom stereocenters. The number of benzene rings is 3. The topological polar surface area (TPSA) is 158 Å². The number of nitrogens with zero attached hydrogens (tertiary/aromatic N) is 1. The second-order valence-corrected chi connectivity index (χ2v) is 15.2. The second-order valence-electron chi connectivity index (χ2n) is 15.2. The standard InChI is InChI=1S/C42H53N5O6/c1-27(38(49)47-37-40(51)44-33-23-15-14-22-32(33)36(46-37)30-20-12-7-13-21-30)43-39(50)31(24-28-16-8-5-9-17-28)26-35(48)34(25-29-18-10-6-11-19-29)45-41(52)53-42(2,3)4/h5-6,8-11,14-19,22-23,27,30-31,34-35,37,48H,7,12-13,20-21,24-26H2,1-4H3,(H,43,50)(H,44,51)(H,45,52)(H,47,49)/t27-,31+,34-,35+,37?/m0/s1. The van der Waals surface area contributed by atoms with Crippen molar-refractivity contribution in [3.8, 4) is 0 Å². The molecule has 11 nitrogen and oxygen atoms in total. The monoisotopic (exact) mass is 723 g/mol. The van der Waals surface area contributed by atoms with Gasteiger partial charge in [0.25, 0.3) is 5.91 Å². The predicted molar refractivity (Wildman–Crippen MR) is 205 cm³/mol. The van der Waals surface area contributed by atoms with E-state index in [1.807, 2.05) is 84.9 Å². The summed E-state index contributed by atoms with van der Waals surface area (Å²) in [6, 6.07) is 24.6. The van der Waals surface area contributed by atoms with E-state index in [1.54, 1.807) is 27.7 Å². The minimum absolute atomic E-state index is 0.0132. The molecule has 0 spiro atoms. The Balaban J connectivity index is 1.31. The normalized spacial score (nSPS) is 18.5. The molecule has 0 radical (unpaired) electrons. The van der Waals surface area contributed by atoms with Gasteiger partial charge in [0.2, 0.25) is 18.0 Å². The summed E-state index contributed by atoms with van der Waals surface area (Å²) in [6.07, 6.45) is 2.82. The number of hydrogen-bond donors (Lipinski definition) is 5. The van der Waals surface area contributed by atoms with Crippen LogP contribution in [0.2, 0.25) is 0 Å². The summed E-state index contributed by atoms with van der Waals surface area (Å²) in [4.78, 5) is 58.7. The maximum atomic E-state index is 14.0. The number of aliphatic imine (C=N–C) groups is 1. The summed E-state index contributed by atoms with van der Waals surface area (Å²) >= 11 is 0. The van der Waals surface area contributed by atoms with Gasteiger partial charge in [-0.15, -0.1) is 0 Å². The largest absolute Gasteiger partial charge is 0.444 e. The van der Waals surface area contributed by atoms with Crippen molar-refractivity contribution in [2.75, 3.05) is 5.32 Å². The third-order valence-electron chi connectivity index (χ3n) is 9.69. The first-order valence-electron chi connectivity index (χ1n) is 18.7. The smallest absolute Gasteiger partial charge is 0.407 e. The van der Waals surface area contributed by atoms with Crippen molar-refractivity contribution in [2.45, 2.75) is 109 Å². The van der Waals surface area contributed by atoms with Crippen LogP contribution in [-0.2, 0) is 32.0 Å². The maximum Gasteiger partial charge on any atom is 0.407 e. The zero-order valence-electron chi connectivity index (χ0n) is 31.1. The molecule has 11 heteroatoms. The van der Waals surface area contributed by atoms with E-state index in [4.69, 9.17) is 9.73 Å². The van der Waals surface area contributed by atoms with Crippen LogP contribution in [0.25, 0.3) is 0 Å². The average Bonchev–Trinajstić information content (AvgIpc) is 3.27. The second kappa shape index (κ2) is 18.1. The fourth-order valence-electron chi connectivity index (χ4n) is 6.99. The molecule has 53 heavy (non-hydrogen) atoms. The van der Waals surface area contributed by atoms with Crippen LogP contribution < -0.4 is 21.3 Å². The number of aliphatic hydroxyl groups is 1. The Hall–Kier alpha value is -5.03. The van der Waals surface area contributed by atoms with Crippen LogP contribution in [0.1, 0.15) is 82.9 Å². The van der Waals surface area contributed by atoms with Gasteiger partial charge >= 0.3 is 6.09 Å². The van der Waals surface area contributed by atoms with E-state index in [9.17, 15) is 24.3 Å². The molecule has 3 aromatic carbocycles. The Morgan fingerprint density at radius 2 is 1.45 bits per heavy atom. The van der Waals surface area contributed by atoms with E-state index in [0.29, 0.717) is 12.1 Å². The Morgan fingerprint density at radius 3 is 2.09 bits per heavy atom. The summed E-state index contributed by atoms with van der Waals surface area (Å²) in [7, 11) is 0. The molecule has 5 rings (SSSR count).